The SMILES string of the molecule is NC1CCCCC1.Nc1cnc2ccc(C#CCNC(=O)c3cncn(Cc4ccc(F)c(F)c4)c3=O)cc2n1. The molecular formula is C29H29F2N7O2. The number of nitrogens with zero attached hydrogens (tertiary/aromatic N) is 4. The molecule has 1 fully saturated rings. The Kier molecular flexibility index (Phi) is 9.48. The van der Waals surface area contributed by atoms with E-state index in [4.69, 9.17) is 11.5 Å². The molecule has 0 unspecified atom stereocenters. The lowest BCUT2D eigenvalue weighted by Crippen LogP contribution is -2.33. The summed E-state index contributed by atoms with van der Waals surface area (Å²) in [6.45, 7) is -0.0870. The third kappa shape index (κ3) is 7.68. The molecule has 0 spiro atoms. The third-order valence-corrected chi connectivity index (χ3v) is 6.26. The van der Waals surface area contributed by atoms with E-state index in [-0.39, 0.29) is 18.7 Å². The van der Waals surface area contributed by atoms with E-state index in [1.807, 2.05) is 0 Å². The van der Waals surface area contributed by atoms with E-state index in [1.54, 1.807) is 18.2 Å². The molecule has 2 heterocycles. The molecule has 1 aliphatic rings. The van der Waals surface area contributed by atoms with Gasteiger partial charge < -0.3 is 16.8 Å². The summed E-state index contributed by atoms with van der Waals surface area (Å²) in [7, 11) is 0. The Balaban J connectivity index is 0.000000461. The van der Waals surface area contributed by atoms with Gasteiger partial charge in [0, 0.05) is 17.8 Å². The molecule has 4 aromatic rings. The van der Waals surface area contributed by atoms with Crippen molar-refractivity contribution in [1.29, 1.82) is 0 Å². The van der Waals surface area contributed by atoms with Crippen LogP contribution in [0, 0.1) is 23.5 Å². The Bertz CT molecular complexity index is 1620. The Morgan fingerprint density at radius 2 is 1.85 bits per heavy atom. The molecule has 0 atom stereocenters. The van der Waals surface area contributed by atoms with Crippen LogP contribution in [-0.4, -0.2) is 38.0 Å². The molecule has 2 aromatic heterocycles. The maximum Gasteiger partial charge on any atom is 0.266 e. The first-order chi connectivity index (χ1) is 19.3. The predicted octanol–water partition coefficient (Wildman–Crippen LogP) is 3.15. The fourth-order valence-corrected chi connectivity index (χ4v) is 4.16. The molecule has 5 rings (SSSR count). The van der Waals surface area contributed by atoms with Crippen LogP contribution in [0.25, 0.3) is 11.0 Å². The van der Waals surface area contributed by atoms with Gasteiger partial charge in [-0.15, -0.1) is 0 Å². The minimum Gasteiger partial charge on any atom is -0.382 e. The van der Waals surface area contributed by atoms with Crippen LogP contribution < -0.4 is 22.3 Å². The molecule has 1 aliphatic carbocycles. The van der Waals surface area contributed by atoms with Gasteiger partial charge in [-0.2, -0.15) is 0 Å². The number of aromatic nitrogens is 4. The van der Waals surface area contributed by atoms with E-state index in [1.165, 1.54) is 50.7 Å². The van der Waals surface area contributed by atoms with Crippen molar-refractivity contribution in [2.75, 3.05) is 12.3 Å². The quantitative estimate of drug-likeness (QED) is 0.335. The van der Waals surface area contributed by atoms with Crippen LogP contribution in [0.15, 0.2) is 59.9 Å². The molecule has 1 amide bonds. The number of carbonyl (C=O) groups excluding carboxylic acids is 1. The number of benzene rings is 2. The number of nitrogens with two attached hydrogens (primary N) is 2. The van der Waals surface area contributed by atoms with E-state index in [2.05, 4.69) is 32.1 Å². The number of halogens is 2. The van der Waals surface area contributed by atoms with E-state index >= 15 is 0 Å². The molecule has 5 N–H and O–H groups in total. The number of anilines is 1. The highest BCUT2D eigenvalue weighted by molar-refractivity contribution is 5.93. The maximum absolute atomic E-state index is 13.4. The third-order valence-electron chi connectivity index (χ3n) is 6.26. The zero-order valence-corrected chi connectivity index (χ0v) is 21.7. The van der Waals surface area contributed by atoms with Crippen molar-refractivity contribution in [2.24, 2.45) is 5.73 Å². The molecular weight excluding hydrogens is 516 g/mol. The molecule has 0 aliphatic heterocycles. The summed E-state index contributed by atoms with van der Waals surface area (Å²) in [4.78, 5) is 37.3. The molecule has 0 radical (unpaired) electrons. The first kappa shape index (κ1) is 28.3. The van der Waals surface area contributed by atoms with Gasteiger partial charge in [0.25, 0.3) is 11.5 Å². The minimum absolute atomic E-state index is 0.0169. The van der Waals surface area contributed by atoms with Crippen molar-refractivity contribution in [1.82, 2.24) is 24.8 Å². The summed E-state index contributed by atoms with van der Waals surface area (Å²) in [6.07, 6.45) is 10.5. The zero-order chi connectivity index (χ0) is 28.5. The molecule has 40 heavy (non-hydrogen) atoms. The second kappa shape index (κ2) is 13.4. The topological polar surface area (TPSA) is 142 Å². The van der Waals surface area contributed by atoms with E-state index in [0.717, 1.165) is 22.9 Å². The normalized spacial score (nSPS) is 13.1. The maximum atomic E-state index is 13.4. The Morgan fingerprint density at radius 3 is 2.58 bits per heavy atom. The van der Waals surface area contributed by atoms with Gasteiger partial charge in [-0.1, -0.05) is 37.2 Å². The average molecular weight is 546 g/mol. The molecule has 206 valence electrons. The van der Waals surface area contributed by atoms with Gasteiger partial charge in [0.2, 0.25) is 0 Å². The fourth-order valence-electron chi connectivity index (χ4n) is 4.16. The lowest BCUT2D eigenvalue weighted by molar-refractivity contribution is 0.0956. The van der Waals surface area contributed by atoms with E-state index in [0.29, 0.717) is 34.0 Å². The Hall–Kier alpha value is -4.69. The summed E-state index contributed by atoms with van der Waals surface area (Å²) in [6, 6.07) is 9.08. The van der Waals surface area contributed by atoms with Crippen molar-refractivity contribution in [3.63, 3.8) is 0 Å². The van der Waals surface area contributed by atoms with Gasteiger partial charge in [-0.05, 0) is 48.7 Å². The zero-order valence-electron chi connectivity index (χ0n) is 21.7. The lowest BCUT2D eigenvalue weighted by Gasteiger charge is -2.15. The average Bonchev–Trinajstić information content (AvgIpc) is 2.94. The lowest BCUT2D eigenvalue weighted by atomic mass is 9.97. The van der Waals surface area contributed by atoms with Crippen molar-refractivity contribution < 1.29 is 13.6 Å². The van der Waals surface area contributed by atoms with Gasteiger partial charge in [-0.25, -0.2) is 18.7 Å². The highest BCUT2D eigenvalue weighted by Gasteiger charge is 2.13. The van der Waals surface area contributed by atoms with Crippen LogP contribution in [-0.2, 0) is 6.54 Å². The first-order valence-electron chi connectivity index (χ1n) is 12.8. The Labute approximate surface area is 229 Å². The largest absolute Gasteiger partial charge is 0.382 e. The van der Waals surface area contributed by atoms with Crippen LogP contribution in [0.4, 0.5) is 14.6 Å². The van der Waals surface area contributed by atoms with Crippen LogP contribution in [0.2, 0.25) is 0 Å². The van der Waals surface area contributed by atoms with Crippen LogP contribution in [0.5, 0.6) is 0 Å². The van der Waals surface area contributed by atoms with Crippen molar-refractivity contribution in [3.8, 4) is 11.8 Å². The van der Waals surface area contributed by atoms with Crippen LogP contribution in [0.3, 0.4) is 0 Å². The summed E-state index contributed by atoms with van der Waals surface area (Å²) in [5.41, 5.74) is 12.7. The monoisotopic (exact) mass is 545 g/mol. The number of fused-ring (bicyclic) bond motifs is 1. The van der Waals surface area contributed by atoms with Gasteiger partial charge >= 0.3 is 0 Å². The smallest absolute Gasteiger partial charge is 0.266 e. The molecule has 0 saturated heterocycles. The standard InChI is InChI=1S/C23H16F2N6O2.C6H13N/c24-17-5-3-15(8-18(17)25)12-31-13-27-10-16(23(31)33)22(32)28-7-1-2-14-4-6-19-20(9-14)30-21(26)11-29-19;7-6-4-2-1-3-5-6/h3-6,8-11,13H,7,12H2,(H2,26,30)(H,28,32);6H,1-5,7H2. The van der Waals surface area contributed by atoms with Gasteiger partial charge in [0.1, 0.15) is 11.4 Å². The molecule has 2 aromatic carbocycles. The summed E-state index contributed by atoms with van der Waals surface area (Å²) < 4.78 is 27.6. The predicted molar refractivity (Wildman–Crippen MR) is 148 cm³/mol. The summed E-state index contributed by atoms with van der Waals surface area (Å²) in [5.74, 6) is 3.32. The first-order valence-corrected chi connectivity index (χ1v) is 12.8. The summed E-state index contributed by atoms with van der Waals surface area (Å²) >= 11 is 0. The fraction of sp³-hybridized carbons (Fsp3) is 0.276. The number of hydrogen-bond donors (Lipinski definition) is 3. The molecule has 9 nitrogen and oxygen atoms in total. The van der Waals surface area contributed by atoms with Crippen molar-refractivity contribution in [3.05, 3.63) is 93.8 Å². The number of amides is 1. The minimum atomic E-state index is -1.03. The van der Waals surface area contributed by atoms with Gasteiger partial charge in [0.15, 0.2) is 11.6 Å². The highest BCUT2D eigenvalue weighted by atomic mass is 19.2. The molecule has 11 heteroatoms. The molecule has 1 saturated carbocycles. The number of nitrogens with one attached hydrogen (secondary N) is 1. The van der Waals surface area contributed by atoms with Crippen LogP contribution >= 0.6 is 0 Å². The highest BCUT2D eigenvalue weighted by Crippen LogP contribution is 2.15. The van der Waals surface area contributed by atoms with E-state index < -0.39 is 23.1 Å². The number of rotatable bonds is 4. The summed E-state index contributed by atoms with van der Waals surface area (Å²) in [5, 5.41) is 2.54. The van der Waals surface area contributed by atoms with E-state index in [9.17, 15) is 18.4 Å². The number of hydrogen-bond acceptors (Lipinski definition) is 7. The van der Waals surface area contributed by atoms with Crippen LogP contribution in [0.1, 0.15) is 53.6 Å². The second-order valence-corrected chi connectivity index (χ2v) is 9.37. The van der Waals surface area contributed by atoms with Crippen molar-refractivity contribution in [2.45, 2.75) is 44.7 Å². The van der Waals surface area contributed by atoms with Gasteiger partial charge in [0.05, 0.1) is 36.6 Å². The molecule has 0 bridgehead atoms. The number of nitrogen functional groups attached to an aromatic ring is 1. The van der Waals surface area contributed by atoms with Gasteiger partial charge in [-0.3, -0.25) is 19.1 Å². The van der Waals surface area contributed by atoms with Crippen molar-refractivity contribution >= 4 is 22.8 Å². The second-order valence-electron chi connectivity index (χ2n) is 9.37. The Morgan fingerprint density at radius 1 is 1.05 bits per heavy atom. The number of carbonyl (C=O) groups is 1.